The second-order valence-electron chi connectivity index (χ2n) is 11.7. The van der Waals surface area contributed by atoms with Gasteiger partial charge in [0.25, 0.3) is 0 Å². The van der Waals surface area contributed by atoms with Crippen LogP contribution in [0.3, 0.4) is 0 Å². The average Bonchev–Trinajstić information content (AvgIpc) is 3.36. The molecule has 0 aromatic heterocycles. The SMILES string of the molecule is CC1(C)C2CC[C@@]1(CS(=O)(=O)N1CCC3(C=Cc4ccccc43)CC1)C(O)(c1ccccc1)C2. The van der Waals surface area contributed by atoms with Gasteiger partial charge in [0.1, 0.15) is 0 Å². The number of sulfonamides is 1. The standard InChI is InChI=1S/C29H35NO3S/c1-26(2)24-13-15-28(26,29(31,20-24)23-9-4-3-5-10-23)21-34(32,33)30-18-16-27(17-19-30)14-12-22-8-6-7-11-25(22)27/h3-12,14,24,31H,13,15-21H2,1-2H3/t24?,28-,29?/m0/s1. The number of benzene rings is 2. The maximum absolute atomic E-state index is 14.0. The van der Waals surface area contributed by atoms with E-state index >= 15 is 0 Å². The first-order valence-electron chi connectivity index (χ1n) is 12.7. The topological polar surface area (TPSA) is 57.6 Å². The lowest BCUT2D eigenvalue weighted by atomic mass is 9.62. The molecule has 1 heterocycles. The van der Waals surface area contributed by atoms with Crippen molar-refractivity contribution in [1.82, 2.24) is 4.31 Å². The smallest absolute Gasteiger partial charge is 0.214 e. The molecule has 4 nitrogen and oxygen atoms in total. The van der Waals surface area contributed by atoms with Crippen LogP contribution in [0.15, 0.2) is 60.7 Å². The summed E-state index contributed by atoms with van der Waals surface area (Å²) in [6, 6.07) is 18.3. The van der Waals surface area contributed by atoms with E-state index in [1.165, 1.54) is 11.1 Å². The minimum Gasteiger partial charge on any atom is -0.385 e. The molecular weight excluding hydrogens is 442 g/mol. The molecule has 3 fully saturated rings. The largest absolute Gasteiger partial charge is 0.385 e. The zero-order valence-electron chi connectivity index (χ0n) is 20.2. The number of hydrogen-bond acceptors (Lipinski definition) is 3. The Hall–Kier alpha value is -1.95. The third kappa shape index (κ3) is 2.87. The van der Waals surface area contributed by atoms with Crippen molar-refractivity contribution in [3.63, 3.8) is 0 Å². The molecule has 2 bridgehead atoms. The predicted octanol–water partition coefficient (Wildman–Crippen LogP) is 5.09. The van der Waals surface area contributed by atoms with E-state index < -0.39 is 21.0 Å². The quantitative estimate of drug-likeness (QED) is 0.667. The maximum Gasteiger partial charge on any atom is 0.214 e. The van der Waals surface area contributed by atoms with Crippen molar-refractivity contribution in [1.29, 1.82) is 0 Å². The van der Waals surface area contributed by atoms with E-state index in [0.717, 1.165) is 31.2 Å². The molecule has 180 valence electrons. The summed E-state index contributed by atoms with van der Waals surface area (Å²) >= 11 is 0. The Bertz CT molecular complexity index is 1240. The van der Waals surface area contributed by atoms with Crippen LogP contribution in [0.4, 0.5) is 0 Å². The molecule has 3 atom stereocenters. The van der Waals surface area contributed by atoms with Gasteiger partial charge in [-0.25, -0.2) is 12.7 Å². The molecule has 2 saturated carbocycles. The van der Waals surface area contributed by atoms with Crippen LogP contribution in [0, 0.1) is 16.7 Å². The molecule has 5 heteroatoms. The summed E-state index contributed by atoms with van der Waals surface area (Å²) in [4.78, 5) is 0. The third-order valence-electron chi connectivity index (χ3n) is 10.3. The Morgan fingerprint density at radius 1 is 0.971 bits per heavy atom. The normalized spacial score (nSPS) is 33.4. The monoisotopic (exact) mass is 477 g/mol. The van der Waals surface area contributed by atoms with Crippen molar-refractivity contribution in [2.75, 3.05) is 18.8 Å². The molecule has 1 saturated heterocycles. The summed E-state index contributed by atoms with van der Waals surface area (Å²) in [5, 5.41) is 12.2. The molecule has 2 unspecified atom stereocenters. The summed E-state index contributed by atoms with van der Waals surface area (Å²) in [7, 11) is -3.54. The minimum atomic E-state index is -3.54. The lowest BCUT2D eigenvalue weighted by Crippen LogP contribution is -2.54. The number of nitrogens with zero attached hydrogens (tertiary/aromatic N) is 1. The first-order chi connectivity index (χ1) is 16.1. The number of piperidine rings is 1. The van der Waals surface area contributed by atoms with Crippen molar-refractivity contribution in [2.24, 2.45) is 16.7 Å². The van der Waals surface area contributed by atoms with Crippen LogP contribution in [0.25, 0.3) is 6.08 Å². The van der Waals surface area contributed by atoms with E-state index in [1.807, 2.05) is 30.3 Å². The van der Waals surface area contributed by atoms with Gasteiger partial charge in [-0.1, -0.05) is 80.6 Å². The molecule has 0 radical (unpaired) electrons. The Morgan fingerprint density at radius 2 is 1.65 bits per heavy atom. The first kappa shape index (κ1) is 22.5. The van der Waals surface area contributed by atoms with Gasteiger partial charge in [0.15, 0.2) is 0 Å². The maximum atomic E-state index is 14.0. The minimum absolute atomic E-state index is 0.0221. The average molecular weight is 478 g/mol. The van der Waals surface area contributed by atoms with Crippen LogP contribution < -0.4 is 0 Å². The molecule has 2 aromatic rings. The molecule has 0 amide bonds. The van der Waals surface area contributed by atoms with Crippen LogP contribution in [0.1, 0.15) is 62.6 Å². The van der Waals surface area contributed by atoms with Gasteiger partial charge in [0.2, 0.25) is 10.0 Å². The van der Waals surface area contributed by atoms with E-state index in [1.54, 1.807) is 4.31 Å². The molecule has 3 aliphatic carbocycles. The van der Waals surface area contributed by atoms with Gasteiger partial charge in [-0.3, -0.25) is 0 Å². The van der Waals surface area contributed by atoms with Crippen molar-refractivity contribution in [2.45, 2.75) is 57.0 Å². The van der Waals surface area contributed by atoms with Gasteiger partial charge >= 0.3 is 0 Å². The van der Waals surface area contributed by atoms with Crippen LogP contribution >= 0.6 is 0 Å². The molecule has 1 spiro atoms. The summed E-state index contributed by atoms with van der Waals surface area (Å²) < 4.78 is 29.7. The number of aliphatic hydroxyl groups is 1. The summed E-state index contributed by atoms with van der Waals surface area (Å²) in [6.07, 6.45) is 8.48. The second kappa shape index (κ2) is 7.28. The lowest BCUT2D eigenvalue weighted by molar-refractivity contribution is -0.0939. The van der Waals surface area contributed by atoms with Gasteiger partial charge in [-0.2, -0.15) is 0 Å². The number of allylic oxidation sites excluding steroid dienone is 1. The molecule has 2 aromatic carbocycles. The molecule has 34 heavy (non-hydrogen) atoms. The predicted molar refractivity (Wildman–Crippen MR) is 136 cm³/mol. The number of rotatable bonds is 4. The van der Waals surface area contributed by atoms with Gasteiger partial charge in [0, 0.05) is 23.9 Å². The zero-order chi connectivity index (χ0) is 23.8. The highest BCUT2D eigenvalue weighted by Crippen LogP contribution is 2.73. The van der Waals surface area contributed by atoms with Gasteiger partial charge in [0.05, 0.1) is 11.4 Å². The first-order valence-corrected chi connectivity index (χ1v) is 14.3. The summed E-state index contributed by atoms with van der Waals surface area (Å²) in [5.74, 6) is 0.353. The summed E-state index contributed by atoms with van der Waals surface area (Å²) in [6.45, 7) is 5.44. The van der Waals surface area contributed by atoms with Gasteiger partial charge in [-0.05, 0) is 60.1 Å². The molecule has 1 aliphatic heterocycles. The highest BCUT2D eigenvalue weighted by atomic mass is 32.2. The van der Waals surface area contributed by atoms with E-state index in [9.17, 15) is 13.5 Å². The van der Waals surface area contributed by atoms with Crippen molar-refractivity contribution in [3.05, 3.63) is 77.4 Å². The van der Waals surface area contributed by atoms with E-state index in [2.05, 4.69) is 50.3 Å². The van der Waals surface area contributed by atoms with E-state index in [0.29, 0.717) is 25.4 Å². The fourth-order valence-electron chi connectivity index (χ4n) is 8.07. The highest BCUT2D eigenvalue weighted by Gasteiger charge is 2.72. The van der Waals surface area contributed by atoms with Crippen LogP contribution in [0.5, 0.6) is 0 Å². The lowest BCUT2D eigenvalue weighted by Gasteiger charge is -2.49. The molecule has 4 aliphatic rings. The highest BCUT2D eigenvalue weighted by molar-refractivity contribution is 7.89. The van der Waals surface area contributed by atoms with Gasteiger partial charge < -0.3 is 5.11 Å². The van der Waals surface area contributed by atoms with E-state index in [4.69, 9.17) is 0 Å². The Labute approximate surface area is 203 Å². The molecule has 6 rings (SSSR count). The van der Waals surface area contributed by atoms with Crippen LogP contribution in [-0.2, 0) is 21.0 Å². The second-order valence-corrected chi connectivity index (χ2v) is 13.7. The van der Waals surface area contributed by atoms with Crippen LogP contribution in [0.2, 0.25) is 0 Å². The van der Waals surface area contributed by atoms with Crippen molar-refractivity contribution < 1.29 is 13.5 Å². The zero-order valence-corrected chi connectivity index (χ0v) is 21.0. The Kier molecular flexibility index (Phi) is 4.82. The van der Waals surface area contributed by atoms with Crippen molar-refractivity contribution in [3.8, 4) is 0 Å². The summed E-state index contributed by atoms with van der Waals surface area (Å²) in [5.41, 5.74) is 1.38. The van der Waals surface area contributed by atoms with Gasteiger partial charge in [-0.15, -0.1) is 0 Å². The van der Waals surface area contributed by atoms with E-state index in [-0.39, 0.29) is 16.6 Å². The fourth-order valence-corrected chi connectivity index (χ4v) is 10.4. The number of fused-ring (bicyclic) bond motifs is 4. The van der Waals surface area contributed by atoms with Crippen molar-refractivity contribution >= 4 is 16.1 Å². The fraction of sp³-hybridized carbons (Fsp3) is 0.517. The molecular formula is C29H35NO3S. The Morgan fingerprint density at radius 3 is 2.35 bits per heavy atom. The molecule has 1 N–H and O–H groups in total. The third-order valence-corrected chi connectivity index (χ3v) is 12.3. The number of hydrogen-bond donors (Lipinski definition) is 1. The Balaban J connectivity index is 1.29. The van der Waals surface area contributed by atoms with Crippen LogP contribution in [-0.4, -0.2) is 36.7 Å².